The number of rotatable bonds is 9. The summed E-state index contributed by atoms with van der Waals surface area (Å²) in [5.41, 5.74) is -4.41. The van der Waals surface area contributed by atoms with Gasteiger partial charge >= 0.3 is 6.18 Å². The summed E-state index contributed by atoms with van der Waals surface area (Å²) in [7, 11) is 3.29. The van der Waals surface area contributed by atoms with Gasteiger partial charge in [0.2, 0.25) is 5.91 Å². The number of aliphatic hydroxyl groups is 1. The molecule has 2 amide bonds. The quantitative estimate of drug-likeness (QED) is 0.348. The number of benzene rings is 2. The van der Waals surface area contributed by atoms with E-state index in [2.05, 4.69) is 11.8 Å². The van der Waals surface area contributed by atoms with Crippen molar-refractivity contribution < 1.29 is 27.9 Å². The van der Waals surface area contributed by atoms with E-state index in [9.17, 15) is 27.9 Å². The molecule has 0 spiro atoms. The molecular weight excluding hydrogens is 531 g/mol. The lowest BCUT2D eigenvalue weighted by atomic mass is 9.83. The molecule has 6 nitrogen and oxygen atoms in total. The van der Waals surface area contributed by atoms with Crippen LogP contribution in [0.15, 0.2) is 36.4 Å². The number of carbonyl (C=O) groups is 2. The van der Waals surface area contributed by atoms with E-state index in [1.165, 1.54) is 34.1 Å². The second-order valence-electron chi connectivity index (χ2n) is 9.53. The number of carbonyl (C=O) groups excluding carboxylic acids is 2. The average Bonchev–Trinajstić information content (AvgIpc) is 3.10. The van der Waals surface area contributed by atoms with Crippen LogP contribution >= 0.6 is 11.6 Å². The third-order valence-electron chi connectivity index (χ3n) is 6.85. The lowest BCUT2D eigenvalue weighted by molar-refractivity contribution is -0.142. The van der Waals surface area contributed by atoms with Crippen LogP contribution in [0.5, 0.6) is 0 Å². The summed E-state index contributed by atoms with van der Waals surface area (Å²) in [6.45, 7) is 5.75. The van der Waals surface area contributed by atoms with Crippen molar-refractivity contribution >= 4 is 29.1 Å². The molecule has 0 saturated carbocycles. The summed E-state index contributed by atoms with van der Waals surface area (Å²) in [6.07, 6.45) is -3.84. The summed E-state index contributed by atoms with van der Waals surface area (Å²) in [4.78, 5) is 30.3. The van der Waals surface area contributed by atoms with E-state index in [4.69, 9.17) is 11.6 Å². The fourth-order valence-corrected chi connectivity index (χ4v) is 4.92. The number of anilines is 1. The number of unbranched alkanes of at least 4 members (excludes halogenated alkanes) is 1. The van der Waals surface area contributed by atoms with E-state index < -0.39 is 28.8 Å². The maximum absolute atomic E-state index is 14.5. The van der Waals surface area contributed by atoms with Gasteiger partial charge in [-0.1, -0.05) is 55.5 Å². The highest BCUT2D eigenvalue weighted by Crippen LogP contribution is 2.51. The number of fused-ring (bicyclic) bond motifs is 1. The Bertz CT molecular complexity index is 1280. The maximum Gasteiger partial charge on any atom is 0.416 e. The number of nitrogens with zero attached hydrogens (tertiary/aromatic N) is 3. The second-order valence-corrected chi connectivity index (χ2v) is 9.94. The third-order valence-corrected chi connectivity index (χ3v) is 7.18. The lowest BCUT2D eigenvalue weighted by Crippen LogP contribution is -2.44. The highest BCUT2D eigenvalue weighted by atomic mass is 35.5. The van der Waals surface area contributed by atoms with Crippen LogP contribution in [0.2, 0.25) is 5.02 Å². The molecule has 0 fully saturated rings. The molecule has 10 heteroatoms. The minimum absolute atomic E-state index is 0.0193. The van der Waals surface area contributed by atoms with Gasteiger partial charge in [0.1, 0.15) is 0 Å². The van der Waals surface area contributed by atoms with E-state index >= 15 is 0 Å². The van der Waals surface area contributed by atoms with Gasteiger partial charge in [0.05, 0.1) is 11.3 Å². The van der Waals surface area contributed by atoms with E-state index in [-0.39, 0.29) is 40.7 Å². The van der Waals surface area contributed by atoms with Crippen molar-refractivity contribution in [2.75, 3.05) is 45.2 Å². The van der Waals surface area contributed by atoms with Gasteiger partial charge in [-0.2, -0.15) is 13.2 Å². The van der Waals surface area contributed by atoms with Crippen LogP contribution in [0.3, 0.4) is 0 Å². The summed E-state index contributed by atoms with van der Waals surface area (Å²) in [6, 6.07) is 8.15. The first-order chi connectivity index (χ1) is 18.4. The molecule has 210 valence electrons. The molecule has 1 N–H and O–H groups in total. The molecule has 0 saturated heterocycles. The number of amides is 2. The van der Waals surface area contributed by atoms with Crippen LogP contribution in [0.25, 0.3) is 0 Å². The van der Waals surface area contributed by atoms with Crippen molar-refractivity contribution in [1.29, 1.82) is 0 Å². The number of hydrogen-bond acceptors (Lipinski definition) is 4. The molecule has 2 aromatic rings. The Kier molecular flexibility index (Phi) is 9.70. The number of likely N-dealkylation sites (N-methyl/N-ethyl adjacent to an activating group) is 1. The SMILES string of the molecule is CCN(CC)CCN1C(=O)C(O)(c2ccccc2Cl)c2c1cc(C#CCCCC(=O)N(C)C)cc2C(F)(F)F. The van der Waals surface area contributed by atoms with Gasteiger partial charge < -0.3 is 19.8 Å². The molecule has 1 unspecified atom stereocenters. The number of hydrogen-bond donors (Lipinski definition) is 1. The molecule has 1 heterocycles. The first-order valence-electron chi connectivity index (χ1n) is 12.8. The average molecular weight is 564 g/mol. The smallest absolute Gasteiger partial charge is 0.372 e. The molecule has 0 bridgehead atoms. The summed E-state index contributed by atoms with van der Waals surface area (Å²) >= 11 is 6.31. The van der Waals surface area contributed by atoms with E-state index in [0.717, 1.165) is 6.07 Å². The van der Waals surface area contributed by atoms with Crippen molar-refractivity contribution in [2.45, 2.75) is 44.9 Å². The zero-order chi connectivity index (χ0) is 29.0. The van der Waals surface area contributed by atoms with Crippen LogP contribution in [-0.2, 0) is 21.4 Å². The van der Waals surface area contributed by atoms with E-state index in [1.807, 2.05) is 18.7 Å². The van der Waals surface area contributed by atoms with Crippen LogP contribution in [-0.4, -0.2) is 67.0 Å². The van der Waals surface area contributed by atoms with Gasteiger partial charge in [-0.05, 0) is 37.7 Å². The predicted octanol–water partition coefficient (Wildman–Crippen LogP) is 4.89. The Balaban J connectivity index is 2.14. The Hall–Kier alpha value is -3.06. The zero-order valence-electron chi connectivity index (χ0n) is 22.5. The van der Waals surface area contributed by atoms with Crippen molar-refractivity contribution in [3.8, 4) is 11.8 Å². The molecule has 0 aromatic heterocycles. The highest BCUT2D eigenvalue weighted by molar-refractivity contribution is 6.32. The van der Waals surface area contributed by atoms with E-state index in [1.54, 1.807) is 20.2 Å². The van der Waals surface area contributed by atoms with Crippen molar-refractivity contribution in [2.24, 2.45) is 0 Å². The molecule has 3 rings (SSSR count). The van der Waals surface area contributed by atoms with Crippen LogP contribution in [0, 0.1) is 11.8 Å². The maximum atomic E-state index is 14.5. The Morgan fingerprint density at radius 3 is 2.41 bits per heavy atom. The highest BCUT2D eigenvalue weighted by Gasteiger charge is 2.56. The fourth-order valence-electron chi connectivity index (χ4n) is 4.65. The third kappa shape index (κ3) is 6.40. The molecule has 1 atom stereocenters. The number of halogens is 4. The summed E-state index contributed by atoms with van der Waals surface area (Å²) in [5, 5.41) is 11.8. The molecule has 1 aliphatic heterocycles. The lowest BCUT2D eigenvalue weighted by Gasteiger charge is -2.27. The van der Waals surface area contributed by atoms with Gasteiger partial charge in [0, 0.05) is 61.7 Å². The first-order valence-corrected chi connectivity index (χ1v) is 13.2. The van der Waals surface area contributed by atoms with Crippen LogP contribution in [0.1, 0.15) is 55.4 Å². The topological polar surface area (TPSA) is 64.1 Å². The normalized spacial score (nSPS) is 16.8. The van der Waals surface area contributed by atoms with Crippen molar-refractivity contribution in [1.82, 2.24) is 9.80 Å². The molecule has 1 aliphatic rings. The van der Waals surface area contributed by atoms with Gasteiger partial charge in [0.15, 0.2) is 5.60 Å². The van der Waals surface area contributed by atoms with Gasteiger partial charge in [-0.25, -0.2) is 0 Å². The number of alkyl halides is 3. The largest absolute Gasteiger partial charge is 0.416 e. The monoisotopic (exact) mass is 563 g/mol. The summed E-state index contributed by atoms with van der Waals surface area (Å²) < 4.78 is 43.5. The van der Waals surface area contributed by atoms with Gasteiger partial charge in [-0.15, -0.1) is 0 Å². The summed E-state index contributed by atoms with van der Waals surface area (Å²) in [5.74, 6) is 4.65. The van der Waals surface area contributed by atoms with Crippen LogP contribution in [0.4, 0.5) is 18.9 Å². The van der Waals surface area contributed by atoms with Crippen molar-refractivity contribution in [3.63, 3.8) is 0 Å². The predicted molar refractivity (Wildman–Crippen MR) is 145 cm³/mol. The van der Waals surface area contributed by atoms with E-state index in [0.29, 0.717) is 32.5 Å². The van der Waals surface area contributed by atoms with Crippen molar-refractivity contribution in [3.05, 3.63) is 63.7 Å². The first kappa shape index (κ1) is 30.5. The zero-order valence-corrected chi connectivity index (χ0v) is 23.3. The van der Waals surface area contributed by atoms with Gasteiger partial charge in [0.25, 0.3) is 5.91 Å². The Morgan fingerprint density at radius 1 is 1.15 bits per heavy atom. The Labute approximate surface area is 232 Å². The second kappa shape index (κ2) is 12.4. The minimum atomic E-state index is -4.88. The molecule has 39 heavy (non-hydrogen) atoms. The standard InChI is InChI=1S/C29H33ClF3N3O3/c1-5-35(6-2)16-17-36-24-19-20(12-8-7-9-15-25(37)34(3)4)18-22(29(31,32)33)26(24)28(39,27(36)38)21-13-10-11-14-23(21)30/h10-11,13-14,18-19,39H,5-7,9,15-17H2,1-4H3. The fraction of sp³-hybridized carbons (Fsp3) is 0.448. The Morgan fingerprint density at radius 2 is 1.82 bits per heavy atom. The molecular formula is C29H33ClF3N3O3. The van der Waals surface area contributed by atoms with Crippen LogP contribution < -0.4 is 4.90 Å². The molecule has 0 aliphatic carbocycles. The van der Waals surface area contributed by atoms with Gasteiger partial charge in [-0.3, -0.25) is 9.59 Å². The molecule has 2 aromatic carbocycles. The molecule has 0 radical (unpaired) electrons. The minimum Gasteiger partial charge on any atom is -0.372 e.